The number of hydrogen-bond acceptors (Lipinski definition) is 3. The molecule has 2 saturated heterocycles. The molecule has 0 spiro atoms. The zero-order valence-corrected chi connectivity index (χ0v) is 16.2. The van der Waals surface area contributed by atoms with Crippen LogP contribution in [0.2, 0.25) is 0 Å². The lowest BCUT2D eigenvalue weighted by molar-refractivity contribution is -0.123. The molecule has 2 aliphatic rings. The van der Waals surface area contributed by atoms with Gasteiger partial charge in [0.05, 0.1) is 18.2 Å². The van der Waals surface area contributed by atoms with Gasteiger partial charge in [-0.2, -0.15) is 0 Å². The van der Waals surface area contributed by atoms with Crippen LogP contribution in [0.1, 0.15) is 31.2 Å². The second kappa shape index (κ2) is 8.41. The molecular weight excluding hydrogens is 374 g/mol. The average Bonchev–Trinajstić information content (AvgIpc) is 3.03. The summed E-state index contributed by atoms with van der Waals surface area (Å²) in [4.78, 5) is 28.5. The Morgan fingerprint density at radius 1 is 0.931 bits per heavy atom. The van der Waals surface area contributed by atoms with E-state index in [0.717, 1.165) is 44.3 Å². The summed E-state index contributed by atoms with van der Waals surface area (Å²) in [7, 11) is 0. The van der Waals surface area contributed by atoms with Crippen LogP contribution in [0.25, 0.3) is 0 Å². The number of anilines is 1. The van der Waals surface area contributed by atoms with Crippen LogP contribution in [0.3, 0.4) is 0 Å². The lowest BCUT2D eigenvalue weighted by Gasteiger charge is -2.34. The lowest BCUT2D eigenvalue weighted by Crippen LogP contribution is -2.46. The maximum Gasteiger partial charge on any atom is 0.251 e. The highest BCUT2D eigenvalue weighted by Crippen LogP contribution is 2.30. The van der Waals surface area contributed by atoms with Gasteiger partial charge in [0.2, 0.25) is 5.91 Å². The van der Waals surface area contributed by atoms with Gasteiger partial charge in [-0.15, -0.1) is 0 Å². The highest BCUT2D eigenvalue weighted by molar-refractivity contribution is 6.22. The fraction of sp³-hybridized carbons (Fsp3) is 0.391. The molecule has 0 saturated carbocycles. The third kappa shape index (κ3) is 4.22. The molecular formula is C23H24F2N2O2. The van der Waals surface area contributed by atoms with Gasteiger partial charge in [0.1, 0.15) is 11.6 Å². The van der Waals surface area contributed by atoms with Crippen molar-refractivity contribution in [1.82, 2.24) is 4.90 Å². The Bertz CT molecular complexity index is 892. The van der Waals surface area contributed by atoms with Crippen molar-refractivity contribution in [3.8, 4) is 0 Å². The standard InChI is InChI=1S/C23H24F2N2O2/c24-18-7-9-19(10-8-18)27-22(28)15-21(23(27)29)26-13-11-16(12-14-26)5-6-17-3-1-2-4-20(17)25/h1-4,7-10,16,21H,5-6,11-15H2. The number of carbonyl (C=O) groups is 2. The van der Waals surface area contributed by atoms with Gasteiger partial charge in [0, 0.05) is 0 Å². The molecule has 2 aliphatic heterocycles. The monoisotopic (exact) mass is 398 g/mol. The second-order valence-electron chi connectivity index (χ2n) is 7.87. The summed E-state index contributed by atoms with van der Waals surface area (Å²) in [5.74, 6) is -0.534. The Morgan fingerprint density at radius 2 is 1.62 bits per heavy atom. The summed E-state index contributed by atoms with van der Waals surface area (Å²) in [6.07, 6.45) is 3.67. The molecule has 6 heteroatoms. The van der Waals surface area contributed by atoms with E-state index in [4.69, 9.17) is 0 Å². The molecule has 0 bridgehead atoms. The Morgan fingerprint density at radius 3 is 2.31 bits per heavy atom. The van der Waals surface area contributed by atoms with E-state index in [-0.39, 0.29) is 24.1 Å². The minimum absolute atomic E-state index is 0.152. The number of likely N-dealkylation sites (tertiary alicyclic amines) is 1. The molecule has 29 heavy (non-hydrogen) atoms. The number of amides is 2. The van der Waals surface area contributed by atoms with Crippen molar-refractivity contribution in [3.63, 3.8) is 0 Å². The van der Waals surface area contributed by atoms with Gasteiger partial charge in [-0.05, 0) is 80.6 Å². The fourth-order valence-corrected chi connectivity index (χ4v) is 4.38. The summed E-state index contributed by atoms with van der Waals surface area (Å²) in [5.41, 5.74) is 1.17. The Kier molecular flexibility index (Phi) is 5.72. The van der Waals surface area contributed by atoms with Crippen molar-refractivity contribution in [2.45, 2.75) is 38.1 Å². The molecule has 1 atom stereocenters. The van der Waals surface area contributed by atoms with Crippen LogP contribution in [0.15, 0.2) is 48.5 Å². The number of piperidine rings is 1. The maximum absolute atomic E-state index is 13.8. The van der Waals surface area contributed by atoms with E-state index in [1.807, 2.05) is 12.1 Å². The Hall–Kier alpha value is -2.60. The number of hydrogen-bond donors (Lipinski definition) is 0. The van der Waals surface area contributed by atoms with E-state index >= 15 is 0 Å². The van der Waals surface area contributed by atoms with E-state index in [9.17, 15) is 18.4 Å². The van der Waals surface area contributed by atoms with E-state index in [1.165, 1.54) is 35.2 Å². The lowest BCUT2D eigenvalue weighted by atomic mass is 9.89. The number of carbonyl (C=O) groups excluding carboxylic acids is 2. The molecule has 2 amide bonds. The molecule has 2 aromatic rings. The van der Waals surface area contributed by atoms with Crippen molar-refractivity contribution >= 4 is 17.5 Å². The first-order valence-electron chi connectivity index (χ1n) is 10.1. The van der Waals surface area contributed by atoms with Crippen LogP contribution < -0.4 is 4.90 Å². The van der Waals surface area contributed by atoms with Crippen LogP contribution in [-0.4, -0.2) is 35.8 Å². The highest BCUT2D eigenvalue weighted by atomic mass is 19.1. The van der Waals surface area contributed by atoms with Gasteiger partial charge in [-0.25, -0.2) is 13.7 Å². The van der Waals surface area contributed by atoms with Crippen LogP contribution >= 0.6 is 0 Å². The van der Waals surface area contributed by atoms with E-state index in [2.05, 4.69) is 4.90 Å². The van der Waals surface area contributed by atoms with Gasteiger partial charge in [0.15, 0.2) is 0 Å². The molecule has 2 heterocycles. The predicted octanol–water partition coefficient (Wildman–Crippen LogP) is 3.94. The number of rotatable bonds is 5. The van der Waals surface area contributed by atoms with Crippen molar-refractivity contribution in [2.24, 2.45) is 5.92 Å². The van der Waals surface area contributed by atoms with Gasteiger partial charge in [-0.1, -0.05) is 18.2 Å². The van der Waals surface area contributed by atoms with Crippen molar-refractivity contribution < 1.29 is 18.4 Å². The molecule has 2 aromatic carbocycles. The van der Waals surface area contributed by atoms with Crippen molar-refractivity contribution in [3.05, 3.63) is 65.7 Å². The molecule has 0 aromatic heterocycles. The number of halogens is 2. The Balaban J connectivity index is 1.33. The summed E-state index contributed by atoms with van der Waals surface area (Å²) >= 11 is 0. The fourth-order valence-electron chi connectivity index (χ4n) is 4.38. The van der Waals surface area contributed by atoms with Crippen LogP contribution in [-0.2, 0) is 16.0 Å². The van der Waals surface area contributed by atoms with Gasteiger partial charge in [0.25, 0.3) is 5.91 Å². The molecule has 1 unspecified atom stereocenters. The van der Waals surface area contributed by atoms with Gasteiger partial charge < -0.3 is 0 Å². The topological polar surface area (TPSA) is 40.6 Å². The first-order chi connectivity index (χ1) is 14.0. The summed E-state index contributed by atoms with van der Waals surface area (Å²) in [6.45, 7) is 1.51. The molecule has 2 fully saturated rings. The van der Waals surface area contributed by atoms with Crippen LogP contribution in [0, 0.1) is 17.6 Å². The van der Waals surface area contributed by atoms with Crippen molar-refractivity contribution in [2.75, 3.05) is 18.0 Å². The van der Waals surface area contributed by atoms with Crippen LogP contribution in [0.5, 0.6) is 0 Å². The zero-order chi connectivity index (χ0) is 20.4. The minimum Gasteiger partial charge on any atom is -0.292 e. The largest absolute Gasteiger partial charge is 0.292 e. The molecule has 4 nitrogen and oxygen atoms in total. The average molecular weight is 398 g/mol. The van der Waals surface area contributed by atoms with Gasteiger partial charge in [-0.3, -0.25) is 14.5 Å². The molecule has 0 radical (unpaired) electrons. The predicted molar refractivity (Wildman–Crippen MR) is 106 cm³/mol. The van der Waals surface area contributed by atoms with Crippen molar-refractivity contribution in [1.29, 1.82) is 0 Å². The number of benzene rings is 2. The van der Waals surface area contributed by atoms with E-state index in [0.29, 0.717) is 11.6 Å². The smallest absolute Gasteiger partial charge is 0.251 e. The highest BCUT2D eigenvalue weighted by Gasteiger charge is 2.43. The number of nitrogens with zero attached hydrogens (tertiary/aromatic N) is 2. The summed E-state index contributed by atoms with van der Waals surface area (Å²) in [5, 5.41) is 0. The van der Waals surface area contributed by atoms with Crippen LogP contribution in [0.4, 0.5) is 14.5 Å². The quantitative estimate of drug-likeness (QED) is 0.717. The first-order valence-corrected chi connectivity index (χ1v) is 10.1. The van der Waals surface area contributed by atoms with E-state index < -0.39 is 11.9 Å². The summed E-state index contributed by atoms with van der Waals surface area (Å²) in [6, 6.07) is 11.9. The third-order valence-corrected chi connectivity index (χ3v) is 6.08. The molecule has 4 rings (SSSR count). The molecule has 0 aliphatic carbocycles. The zero-order valence-electron chi connectivity index (χ0n) is 16.2. The third-order valence-electron chi connectivity index (χ3n) is 6.08. The second-order valence-corrected chi connectivity index (χ2v) is 7.87. The summed E-state index contributed by atoms with van der Waals surface area (Å²) < 4.78 is 26.9. The van der Waals surface area contributed by atoms with Gasteiger partial charge >= 0.3 is 0 Å². The number of aryl methyl sites for hydroxylation is 1. The SMILES string of the molecule is O=C1CC(N2CCC(CCc3ccccc3F)CC2)C(=O)N1c1ccc(F)cc1. The minimum atomic E-state index is -0.444. The maximum atomic E-state index is 13.8. The normalized spacial score (nSPS) is 21.2. The number of imide groups is 1. The Labute approximate surface area is 169 Å². The molecule has 0 N–H and O–H groups in total. The molecule has 152 valence electrons. The first kappa shape index (κ1) is 19.7. The van der Waals surface area contributed by atoms with E-state index in [1.54, 1.807) is 6.07 Å².